The van der Waals surface area contributed by atoms with Crippen LogP contribution in [0.4, 0.5) is 10.1 Å². The fraction of sp³-hybridized carbons (Fsp3) is 0.250. The minimum Gasteiger partial charge on any atom is -0.321 e. The molecule has 0 spiro atoms. The van der Waals surface area contributed by atoms with Gasteiger partial charge in [-0.1, -0.05) is 19.1 Å². The van der Waals surface area contributed by atoms with Crippen LogP contribution in [0.25, 0.3) is 0 Å². The number of halogens is 1. The van der Waals surface area contributed by atoms with E-state index in [1.165, 1.54) is 6.07 Å². The average molecular weight is 154 g/mol. The first-order chi connectivity index (χ1) is 5.29. The zero-order valence-corrected chi connectivity index (χ0v) is 6.39. The Hall–Kier alpha value is -1.09. The molecule has 0 heterocycles. The number of rotatable bonds is 2. The molecule has 11 heavy (non-hydrogen) atoms. The molecule has 0 fully saturated rings. The van der Waals surface area contributed by atoms with Gasteiger partial charge in [-0.25, -0.2) is 4.39 Å². The molecule has 1 aromatic carbocycles. The maximum Gasteiger partial charge on any atom is 0.147 e. The Kier molecular flexibility index (Phi) is 2.44. The van der Waals surface area contributed by atoms with E-state index in [9.17, 15) is 4.39 Å². The zero-order valence-electron chi connectivity index (χ0n) is 6.39. The first kappa shape index (κ1) is 8.01. The lowest BCUT2D eigenvalue weighted by atomic mass is 10.1. The SMILES string of the molecule is CCc1cccc(F)c1NN. The number of nitrogens with two attached hydrogens (primary N) is 1. The van der Waals surface area contributed by atoms with Crippen LogP contribution in [0.15, 0.2) is 18.2 Å². The molecule has 0 atom stereocenters. The number of anilines is 1. The Labute approximate surface area is 65.2 Å². The topological polar surface area (TPSA) is 38.0 Å². The van der Waals surface area contributed by atoms with E-state index in [4.69, 9.17) is 5.84 Å². The Morgan fingerprint density at radius 2 is 2.27 bits per heavy atom. The highest BCUT2D eigenvalue weighted by atomic mass is 19.1. The van der Waals surface area contributed by atoms with E-state index in [0.717, 1.165) is 12.0 Å². The van der Waals surface area contributed by atoms with Crippen molar-refractivity contribution >= 4 is 5.69 Å². The van der Waals surface area contributed by atoms with Gasteiger partial charge in [-0.15, -0.1) is 0 Å². The molecule has 0 amide bonds. The summed E-state index contributed by atoms with van der Waals surface area (Å²) in [4.78, 5) is 0. The van der Waals surface area contributed by atoms with E-state index in [-0.39, 0.29) is 5.82 Å². The highest BCUT2D eigenvalue weighted by Crippen LogP contribution is 2.18. The van der Waals surface area contributed by atoms with Gasteiger partial charge in [0.2, 0.25) is 0 Å². The smallest absolute Gasteiger partial charge is 0.147 e. The number of benzene rings is 1. The summed E-state index contributed by atoms with van der Waals surface area (Å²) in [5.41, 5.74) is 3.63. The molecule has 0 unspecified atom stereocenters. The molecule has 0 saturated heterocycles. The van der Waals surface area contributed by atoms with Crippen molar-refractivity contribution in [1.29, 1.82) is 0 Å². The van der Waals surface area contributed by atoms with Crippen molar-refractivity contribution in [3.8, 4) is 0 Å². The van der Waals surface area contributed by atoms with Crippen molar-refractivity contribution in [2.45, 2.75) is 13.3 Å². The Balaban J connectivity index is 3.13. The second kappa shape index (κ2) is 3.34. The summed E-state index contributed by atoms with van der Waals surface area (Å²) in [5, 5.41) is 0. The molecule has 60 valence electrons. The lowest BCUT2D eigenvalue weighted by molar-refractivity contribution is 0.629. The van der Waals surface area contributed by atoms with Crippen molar-refractivity contribution in [2.24, 2.45) is 5.84 Å². The largest absolute Gasteiger partial charge is 0.321 e. The maximum absolute atomic E-state index is 12.9. The van der Waals surface area contributed by atoms with Crippen LogP contribution >= 0.6 is 0 Å². The molecule has 0 bridgehead atoms. The third-order valence-electron chi connectivity index (χ3n) is 1.63. The number of hydrogen-bond donors (Lipinski definition) is 2. The lowest BCUT2D eigenvalue weighted by Crippen LogP contribution is -2.10. The lowest BCUT2D eigenvalue weighted by Gasteiger charge is -2.06. The molecule has 0 radical (unpaired) electrons. The fourth-order valence-corrected chi connectivity index (χ4v) is 1.03. The molecule has 1 aromatic rings. The second-order valence-electron chi connectivity index (χ2n) is 2.27. The van der Waals surface area contributed by atoms with Crippen LogP contribution in [0.2, 0.25) is 0 Å². The first-order valence-corrected chi connectivity index (χ1v) is 3.53. The summed E-state index contributed by atoms with van der Waals surface area (Å²) in [6, 6.07) is 4.90. The number of hydrogen-bond acceptors (Lipinski definition) is 2. The third kappa shape index (κ3) is 1.49. The van der Waals surface area contributed by atoms with Gasteiger partial charge in [0, 0.05) is 0 Å². The third-order valence-corrected chi connectivity index (χ3v) is 1.63. The van der Waals surface area contributed by atoms with Gasteiger partial charge >= 0.3 is 0 Å². The Bertz CT molecular complexity index is 248. The predicted octanol–water partition coefficient (Wildman–Crippen LogP) is 1.67. The van der Waals surface area contributed by atoms with Gasteiger partial charge in [-0.2, -0.15) is 0 Å². The van der Waals surface area contributed by atoms with Gasteiger partial charge in [0.25, 0.3) is 0 Å². The Morgan fingerprint density at radius 3 is 2.73 bits per heavy atom. The maximum atomic E-state index is 12.9. The minimum atomic E-state index is -0.299. The van der Waals surface area contributed by atoms with Crippen molar-refractivity contribution in [2.75, 3.05) is 5.43 Å². The van der Waals surface area contributed by atoms with Crippen molar-refractivity contribution < 1.29 is 4.39 Å². The molecule has 1 rings (SSSR count). The summed E-state index contributed by atoms with van der Waals surface area (Å²) < 4.78 is 12.9. The predicted molar refractivity (Wildman–Crippen MR) is 43.6 cm³/mol. The summed E-state index contributed by atoms with van der Waals surface area (Å²) in [5.74, 6) is 4.84. The highest BCUT2D eigenvalue weighted by Gasteiger charge is 2.03. The molecular formula is C8H11FN2. The van der Waals surface area contributed by atoms with Gasteiger partial charge in [-0.3, -0.25) is 5.84 Å². The van der Waals surface area contributed by atoms with E-state index in [1.54, 1.807) is 6.07 Å². The molecule has 0 saturated carbocycles. The minimum absolute atomic E-state index is 0.299. The summed E-state index contributed by atoms with van der Waals surface area (Å²) in [6.45, 7) is 1.95. The van der Waals surface area contributed by atoms with Crippen LogP contribution in [0.3, 0.4) is 0 Å². The monoisotopic (exact) mass is 154 g/mol. The van der Waals surface area contributed by atoms with Crippen LogP contribution < -0.4 is 11.3 Å². The second-order valence-corrected chi connectivity index (χ2v) is 2.27. The van der Waals surface area contributed by atoms with Crippen LogP contribution in [-0.2, 0) is 6.42 Å². The van der Waals surface area contributed by atoms with Crippen LogP contribution in [0.1, 0.15) is 12.5 Å². The van der Waals surface area contributed by atoms with E-state index in [0.29, 0.717) is 5.69 Å². The van der Waals surface area contributed by atoms with Crippen molar-refractivity contribution in [3.05, 3.63) is 29.6 Å². The normalized spacial score (nSPS) is 9.73. The molecule has 2 nitrogen and oxygen atoms in total. The quantitative estimate of drug-likeness (QED) is 0.502. The van der Waals surface area contributed by atoms with Gasteiger partial charge in [0.15, 0.2) is 0 Å². The zero-order chi connectivity index (χ0) is 8.27. The molecule has 3 N–H and O–H groups in total. The molecule has 0 aromatic heterocycles. The van der Waals surface area contributed by atoms with Crippen LogP contribution in [0.5, 0.6) is 0 Å². The molecular weight excluding hydrogens is 143 g/mol. The number of para-hydroxylation sites is 1. The van der Waals surface area contributed by atoms with E-state index in [2.05, 4.69) is 5.43 Å². The van der Waals surface area contributed by atoms with Gasteiger partial charge in [-0.05, 0) is 18.1 Å². The van der Waals surface area contributed by atoms with E-state index < -0.39 is 0 Å². The molecule has 3 heteroatoms. The summed E-state index contributed by atoms with van der Waals surface area (Å²) in [6.07, 6.45) is 0.775. The van der Waals surface area contributed by atoms with Crippen LogP contribution in [-0.4, -0.2) is 0 Å². The van der Waals surface area contributed by atoms with Crippen molar-refractivity contribution in [3.63, 3.8) is 0 Å². The molecule has 0 aliphatic carbocycles. The standard InChI is InChI=1S/C8H11FN2/c1-2-6-4-3-5-7(9)8(6)11-10/h3-5,11H,2,10H2,1H3. The number of nitrogens with one attached hydrogen (secondary N) is 1. The Morgan fingerprint density at radius 1 is 1.55 bits per heavy atom. The van der Waals surface area contributed by atoms with E-state index in [1.807, 2.05) is 13.0 Å². The first-order valence-electron chi connectivity index (χ1n) is 3.53. The highest BCUT2D eigenvalue weighted by molar-refractivity contribution is 5.51. The van der Waals surface area contributed by atoms with Gasteiger partial charge in [0.05, 0.1) is 5.69 Å². The fourth-order valence-electron chi connectivity index (χ4n) is 1.03. The summed E-state index contributed by atoms with van der Waals surface area (Å²) >= 11 is 0. The van der Waals surface area contributed by atoms with Crippen molar-refractivity contribution in [1.82, 2.24) is 0 Å². The van der Waals surface area contributed by atoms with Gasteiger partial charge in [0.1, 0.15) is 5.82 Å². The number of hydrazine groups is 1. The average Bonchev–Trinajstić information content (AvgIpc) is 2.04. The molecule has 0 aliphatic rings. The summed E-state index contributed by atoms with van der Waals surface area (Å²) in [7, 11) is 0. The molecule has 0 aliphatic heterocycles. The number of aryl methyl sites for hydroxylation is 1. The van der Waals surface area contributed by atoms with Crippen LogP contribution in [0, 0.1) is 5.82 Å². The van der Waals surface area contributed by atoms with E-state index >= 15 is 0 Å². The van der Waals surface area contributed by atoms with Gasteiger partial charge < -0.3 is 5.43 Å². The number of nitrogen functional groups attached to an aromatic ring is 1.